The largest absolute Gasteiger partial charge is 0.318 e. The molecule has 3 heteroatoms. The van der Waals surface area contributed by atoms with Gasteiger partial charge in [-0.15, -0.1) is 0 Å². The number of pyridine rings is 1. The van der Waals surface area contributed by atoms with Crippen molar-refractivity contribution in [3.63, 3.8) is 0 Å². The highest BCUT2D eigenvalue weighted by atomic mass is 15.0. The van der Waals surface area contributed by atoms with Crippen LogP contribution in [0.1, 0.15) is 19.4 Å². The molecule has 0 aliphatic heterocycles. The molecule has 2 N–H and O–H groups in total. The van der Waals surface area contributed by atoms with Crippen molar-refractivity contribution in [1.82, 2.24) is 15.6 Å². The maximum Gasteiger partial charge on any atom is 0.0270 e. The van der Waals surface area contributed by atoms with Crippen molar-refractivity contribution in [2.45, 2.75) is 25.8 Å². The molecule has 0 saturated carbocycles. The minimum Gasteiger partial charge on any atom is -0.318 e. The van der Waals surface area contributed by atoms with Crippen molar-refractivity contribution >= 4 is 0 Å². The number of rotatable bonds is 6. The second-order valence-corrected chi connectivity index (χ2v) is 4.45. The molecule has 0 saturated heterocycles. The van der Waals surface area contributed by atoms with E-state index in [1.807, 2.05) is 19.4 Å². The molecule has 0 bridgehead atoms. The lowest BCUT2D eigenvalue weighted by molar-refractivity contribution is 0.379. The summed E-state index contributed by atoms with van der Waals surface area (Å²) >= 11 is 0. The van der Waals surface area contributed by atoms with Crippen LogP contribution in [0.3, 0.4) is 0 Å². The predicted octanol–water partition coefficient (Wildman–Crippen LogP) is 1.21. The maximum atomic E-state index is 4.00. The minimum atomic E-state index is 0.155. The van der Waals surface area contributed by atoms with Gasteiger partial charge in [-0.3, -0.25) is 4.98 Å². The minimum absolute atomic E-state index is 0.155. The Labute approximate surface area is 92.3 Å². The summed E-state index contributed by atoms with van der Waals surface area (Å²) in [5.74, 6) is 0. The third-order valence-corrected chi connectivity index (χ3v) is 2.39. The molecule has 1 rings (SSSR count). The van der Waals surface area contributed by atoms with E-state index in [9.17, 15) is 0 Å². The molecule has 0 aliphatic rings. The van der Waals surface area contributed by atoms with Crippen LogP contribution < -0.4 is 10.6 Å². The molecular weight excluding hydrogens is 186 g/mol. The molecule has 84 valence electrons. The molecule has 0 spiro atoms. The van der Waals surface area contributed by atoms with Crippen molar-refractivity contribution in [2.75, 3.05) is 20.1 Å². The van der Waals surface area contributed by atoms with Gasteiger partial charge in [-0.1, -0.05) is 0 Å². The van der Waals surface area contributed by atoms with E-state index in [-0.39, 0.29) is 5.54 Å². The molecule has 1 heterocycles. The fourth-order valence-corrected chi connectivity index (χ4v) is 1.60. The zero-order chi connectivity index (χ0) is 11.1. The first-order valence-electron chi connectivity index (χ1n) is 5.42. The van der Waals surface area contributed by atoms with E-state index in [0.717, 1.165) is 19.5 Å². The Bertz CT molecular complexity index is 269. The van der Waals surface area contributed by atoms with Crippen LogP contribution in [-0.2, 0) is 6.42 Å². The normalized spacial score (nSPS) is 11.7. The van der Waals surface area contributed by atoms with E-state index in [4.69, 9.17) is 0 Å². The number of nitrogens with one attached hydrogen (secondary N) is 2. The van der Waals surface area contributed by atoms with E-state index >= 15 is 0 Å². The average molecular weight is 207 g/mol. The Balaban J connectivity index is 2.27. The molecular formula is C12H21N3. The Morgan fingerprint density at radius 3 is 2.53 bits per heavy atom. The highest BCUT2D eigenvalue weighted by molar-refractivity contribution is 5.09. The zero-order valence-electron chi connectivity index (χ0n) is 9.88. The van der Waals surface area contributed by atoms with Crippen molar-refractivity contribution in [2.24, 2.45) is 0 Å². The number of likely N-dealkylation sites (N-methyl/N-ethyl adjacent to an activating group) is 1. The Hall–Kier alpha value is -0.930. The zero-order valence-corrected chi connectivity index (χ0v) is 9.88. The van der Waals surface area contributed by atoms with E-state index in [0.29, 0.717) is 0 Å². The van der Waals surface area contributed by atoms with Crippen molar-refractivity contribution < 1.29 is 0 Å². The van der Waals surface area contributed by atoms with E-state index in [1.54, 1.807) is 0 Å². The lowest BCUT2D eigenvalue weighted by Gasteiger charge is -2.26. The third-order valence-electron chi connectivity index (χ3n) is 2.39. The summed E-state index contributed by atoms with van der Waals surface area (Å²) in [7, 11) is 1.98. The molecule has 1 aromatic rings. The van der Waals surface area contributed by atoms with Gasteiger partial charge in [-0.25, -0.2) is 0 Å². The van der Waals surface area contributed by atoms with Gasteiger partial charge in [-0.2, -0.15) is 0 Å². The van der Waals surface area contributed by atoms with Gasteiger partial charge in [0.25, 0.3) is 0 Å². The Morgan fingerprint density at radius 2 is 1.93 bits per heavy atom. The number of hydrogen-bond donors (Lipinski definition) is 2. The van der Waals surface area contributed by atoms with Crippen LogP contribution >= 0.6 is 0 Å². The first-order valence-corrected chi connectivity index (χ1v) is 5.42. The summed E-state index contributed by atoms with van der Waals surface area (Å²) in [6.07, 6.45) is 4.73. The molecule has 3 nitrogen and oxygen atoms in total. The standard InChI is InChI=1S/C12H21N3/c1-12(2,10-13-3)15-9-6-11-4-7-14-8-5-11/h4-5,7-8,13,15H,6,9-10H2,1-3H3. The van der Waals surface area contributed by atoms with Gasteiger partial charge in [0.15, 0.2) is 0 Å². The molecule has 0 aliphatic carbocycles. The third kappa shape index (κ3) is 4.91. The van der Waals surface area contributed by atoms with Gasteiger partial charge in [0.05, 0.1) is 0 Å². The highest BCUT2D eigenvalue weighted by Gasteiger charge is 2.14. The van der Waals surface area contributed by atoms with Crippen LogP contribution in [-0.4, -0.2) is 30.7 Å². The summed E-state index contributed by atoms with van der Waals surface area (Å²) in [6, 6.07) is 4.12. The molecule has 0 amide bonds. The van der Waals surface area contributed by atoms with Crippen molar-refractivity contribution in [3.05, 3.63) is 30.1 Å². The second-order valence-electron chi connectivity index (χ2n) is 4.45. The molecule has 0 radical (unpaired) electrons. The second kappa shape index (κ2) is 5.83. The monoisotopic (exact) mass is 207 g/mol. The summed E-state index contributed by atoms with van der Waals surface area (Å²) < 4.78 is 0. The van der Waals surface area contributed by atoms with Crippen LogP contribution in [0, 0.1) is 0 Å². The molecule has 0 fully saturated rings. The molecule has 0 atom stereocenters. The smallest absolute Gasteiger partial charge is 0.0270 e. The van der Waals surface area contributed by atoms with Crippen LogP contribution in [0.4, 0.5) is 0 Å². The maximum absolute atomic E-state index is 4.00. The molecule has 0 unspecified atom stereocenters. The average Bonchev–Trinajstić information content (AvgIpc) is 2.19. The summed E-state index contributed by atoms with van der Waals surface area (Å²) in [6.45, 7) is 6.38. The molecule has 15 heavy (non-hydrogen) atoms. The lowest BCUT2D eigenvalue weighted by Crippen LogP contribution is -2.47. The number of aromatic nitrogens is 1. The van der Waals surface area contributed by atoms with Crippen LogP contribution in [0.2, 0.25) is 0 Å². The van der Waals surface area contributed by atoms with Crippen molar-refractivity contribution in [3.8, 4) is 0 Å². The van der Waals surface area contributed by atoms with Gasteiger partial charge in [-0.05, 0) is 51.6 Å². The summed E-state index contributed by atoms with van der Waals surface area (Å²) in [5.41, 5.74) is 1.49. The predicted molar refractivity (Wildman–Crippen MR) is 63.9 cm³/mol. The molecule has 0 aromatic carbocycles. The first kappa shape index (κ1) is 12.1. The van der Waals surface area contributed by atoms with Crippen molar-refractivity contribution in [1.29, 1.82) is 0 Å². The Morgan fingerprint density at radius 1 is 1.27 bits per heavy atom. The van der Waals surface area contributed by atoms with Gasteiger partial charge in [0, 0.05) is 24.5 Å². The van der Waals surface area contributed by atoms with Gasteiger partial charge < -0.3 is 10.6 Å². The topological polar surface area (TPSA) is 37.0 Å². The van der Waals surface area contributed by atoms with Gasteiger partial charge in [0.1, 0.15) is 0 Å². The first-order chi connectivity index (χ1) is 7.14. The number of hydrogen-bond acceptors (Lipinski definition) is 3. The van der Waals surface area contributed by atoms with Gasteiger partial charge >= 0.3 is 0 Å². The fourth-order valence-electron chi connectivity index (χ4n) is 1.60. The molecule has 1 aromatic heterocycles. The van der Waals surface area contributed by atoms with Gasteiger partial charge in [0.2, 0.25) is 0 Å². The van der Waals surface area contributed by atoms with E-state index < -0.39 is 0 Å². The summed E-state index contributed by atoms with van der Waals surface area (Å²) in [4.78, 5) is 4.00. The highest BCUT2D eigenvalue weighted by Crippen LogP contribution is 2.01. The van der Waals surface area contributed by atoms with E-state index in [2.05, 4.69) is 41.6 Å². The van der Waals surface area contributed by atoms with Crippen LogP contribution in [0.5, 0.6) is 0 Å². The SMILES string of the molecule is CNCC(C)(C)NCCc1ccncc1. The van der Waals surface area contributed by atoms with Crippen LogP contribution in [0.25, 0.3) is 0 Å². The summed E-state index contributed by atoms with van der Waals surface area (Å²) in [5, 5.41) is 6.71. The number of nitrogens with zero attached hydrogens (tertiary/aromatic N) is 1. The van der Waals surface area contributed by atoms with E-state index in [1.165, 1.54) is 5.56 Å². The Kier molecular flexibility index (Phi) is 4.72. The van der Waals surface area contributed by atoms with Crippen LogP contribution in [0.15, 0.2) is 24.5 Å². The quantitative estimate of drug-likeness (QED) is 0.736. The fraction of sp³-hybridized carbons (Fsp3) is 0.583. The lowest BCUT2D eigenvalue weighted by atomic mass is 10.1.